The van der Waals surface area contributed by atoms with Crippen LogP contribution in [0.3, 0.4) is 0 Å². The fraction of sp³-hybridized carbons (Fsp3) is 0.588. The Morgan fingerprint density at radius 3 is 2.37 bits per heavy atom. The van der Waals surface area contributed by atoms with Crippen LogP contribution in [0.15, 0.2) is 24.3 Å². The first-order chi connectivity index (χ1) is 9.18. The number of nitrogens with two attached hydrogens (primary N) is 1. The van der Waals surface area contributed by atoms with Crippen molar-refractivity contribution in [1.29, 1.82) is 0 Å². The Labute approximate surface area is 116 Å². The summed E-state index contributed by atoms with van der Waals surface area (Å²) >= 11 is 0. The molecule has 0 aliphatic heterocycles. The maximum absolute atomic E-state index is 12.9. The predicted octanol–water partition coefficient (Wildman–Crippen LogP) is 3.90. The van der Waals surface area contributed by atoms with E-state index in [1.54, 1.807) is 0 Å². The van der Waals surface area contributed by atoms with Crippen LogP contribution < -0.4 is 5.73 Å². The number of benzene rings is 1. The lowest BCUT2D eigenvalue weighted by atomic mass is 9.71. The van der Waals surface area contributed by atoms with E-state index in [2.05, 4.69) is 19.9 Å². The molecule has 2 heteroatoms. The number of hydrogen-bond acceptors (Lipinski definition) is 2. The van der Waals surface area contributed by atoms with E-state index in [0.29, 0.717) is 12.5 Å². The number of rotatable bonds is 6. The third-order valence-electron chi connectivity index (χ3n) is 4.98. The van der Waals surface area contributed by atoms with Crippen LogP contribution in [0.4, 0.5) is 0 Å². The van der Waals surface area contributed by atoms with Gasteiger partial charge in [0.15, 0.2) is 5.78 Å². The van der Waals surface area contributed by atoms with Crippen LogP contribution in [0.5, 0.6) is 0 Å². The van der Waals surface area contributed by atoms with Crippen LogP contribution in [0.25, 0.3) is 0 Å². The van der Waals surface area contributed by atoms with Gasteiger partial charge in [-0.15, -0.1) is 0 Å². The lowest BCUT2D eigenvalue weighted by Crippen LogP contribution is -2.38. The van der Waals surface area contributed by atoms with Crippen molar-refractivity contribution in [3.63, 3.8) is 0 Å². The van der Waals surface area contributed by atoms with Crippen molar-refractivity contribution in [2.24, 2.45) is 11.1 Å². The van der Waals surface area contributed by atoms with E-state index in [1.165, 1.54) is 24.8 Å². The zero-order valence-corrected chi connectivity index (χ0v) is 12.1. The fourth-order valence-corrected chi connectivity index (χ4v) is 3.02. The summed E-state index contributed by atoms with van der Waals surface area (Å²) in [6.07, 6.45) is 5.36. The highest BCUT2D eigenvalue weighted by atomic mass is 16.1. The molecule has 0 spiro atoms. The monoisotopic (exact) mass is 259 g/mol. The molecule has 1 saturated carbocycles. The molecule has 2 N–H and O–H groups in total. The van der Waals surface area contributed by atoms with Gasteiger partial charge in [0.2, 0.25) is 0 Å². The van der Waals surface area contributed by atoms with Crippen LogP contribution in [-0.2, 0) is 0 Å². The summed E-state index contributed by atoms with van der Waals surface area (Å²) in [6, 6.07) is 8.14. The van der Waals surface area contributed by atoms with Crippen LogP contribution in [0.2, 0.25) is 0 Å². The SMILES string of the molecule is CCC(CC)(CN)C(=O)c1ccccc1C1CCC1. The minimum atomic E-state index is -0.375. The maximum Gasteiger partial charge on any atom is 0.170 e. The molecule has 19 heavy (non-hydrogen) atoms. The lowest BCUT2D eigenvalue weighted by molar-refractivity contribution is 0.0785. The van der Waals surface area contributed by atoms with Crippen LogP contribution in [0.1, 0.15) is 67.8 Å². The number of ketones is 1. The molecule has 1 aromatic carbocycles. The average Bonchev–Trinajstić information content (AvgIpc) is 2.40. The van der Waals surface area contributed by atoms with Crippen LogP contribution >= 0.6 is 0 Å². The Balaban J connectivity index is 2.37. The summed E-state index contributed by atoms with van der Waals surface area (Å²) in [7, 11) is 0. The van der Waals surface area contributed by atoms with Gasteiger partial charge in [0.1, 0.15) is 0 Å². The Hall–Kier alpha value is -1.15. The number of carbonyl (C=O) groups is 1. The molecular weight excluding hydrogens is 234 g/mol. The van der Waals surface area contributed by atoms with Crippen molar-refractivity contribution < 1.29 is 4.79 Å². The standard InChI is InChI=1S/C17H25NO/c1-3-17(4-2,12-18)16(19)15-11-6-5-10-14(15)13-8-7-9-13/h5-6,10-11,13H,3-4,7-9,12,18H2,1-2H3. The van der Waals surface area contributed by atoms with Gasteiger partial charge in [0.25, 0.3) is 0 Å². The van der Waals surface area contributed by atoms with E-state index >= 15 is 0 Å². The molecule has 0 aromatic heterocycles. The van der Waals surface area contributed by atoms with Gasteiger partial charge in [-0.3, -0.25) is 4.79 Å². The molecule has 0 radical (unpaired) electrons. The first-order valence-corrected chi connectivity index (χ1v) is 7.52. The molecule has 2 rings (SSSR count). The molecule has 0 heterocycles. The molecule has 0 bridgehead atoms. The largest absolute Gasteiger partial charge is 0.329 e. The maximum atomic E-state index is 12.9. The van der Waals surface area contributed by atoms with E-state index < -0.39 is 0 Å². The Morgan fingerprint density at radius 1 is 1.26 bits per heavy atom. The highest BCUT2D eigenvalue weighted by molar-refractivity contribution is 6.02. The highest BCUT2D eigenvalue weighted by Crippen LogP contribution is 2.40. The van der Waals surface area contributed by atoms with Gasteiger partial charge in [-0.2, -0.15) is 0 Å². The zero-order chi connectivity index (χ0) is 13.9. The fourth-order valence-electron chi connectivity index (χ4n) is 3.02. The third kappa shape index (κ3) is 2.46. The van der Waals surface area contributed by atoms with Crippen molar-refractivity contribution in [2.75, 3.05) is 6.54 Å². The first kappa shape index (κ1) is 14.3. The second-order valence-corrected chi connectivity index (χ2v) is 5.74. The Morgan fingerprint density at radius 2 is 1.89 bits per heavy atom. The molecule has 1 aromatic rings. The van der Waals surface area contributed by atoms with Gasteiger partial charge >= 0.3 is 0 Å². The minimum absolute atomic E-state index is 0.252. The molecule has 1 fully saturated rings. The predicted molar refractivity (Wildman–Crippen MR) is 79.4 cm³/mol. The van der Waals surface area contributed by atoms with Crippen molar-refractivity contribution in [2.45, 2.75) is 51.9 Å². The summed E-state index contributed by atoms with van der Waals surface area (Å²) < 4.78 is 0. The van der Waals surface area contributed by atoms with Crippen molar-refractivity contribution in [3.05, 3.63) is 35.4 Å². The van der Waals surface area contributed by atoms with Gasteiger partial charge in [-0.1, -0.05) is 44.5 Å². The van der Waals surface area contributed by atoms with E-state index in [9.17, 15) is 4.79 Å². The molecular formula is C17H25NO. The third-order valence-corrected chi connectivity index (χ3v) is 4.98. The normalized spacial score (nSPS) is 16.2. The average molecular weight is 259 g/mol. The summed E-state index contributed by atoms with van der Waals surface area (Å²) in [4.78, 5) is 12.9. The van der Waals surface area contributed by atoms with Crippen molar-refractivity contribution in [1.82, 2.24) is 0 Å². The molecule has 0 saturated heterocycles. The minimum Gasteiger partial charge on any atom is -0.329 e. The van der Waals surface area contributed by atoms with E-state index in [4.69, 9.17) is 5.73 Å². The van der Waals surface area contributed by atoms with Gasteiger partial charge in [-0.25, -0.2) is 0 Å². The molecule has 1 aliphatic carbocycles. The lowest BCUT2D eigenvalue weighted by Gasteiger charge is -2.32. The number of Topliss-reactive ketones (excluding diaryl/α,β-unsaturated/α-hetero) is 1. The van der Waals surface area contributed by atoms with E-state index in [-0.39, 0.29) is 11.2 Å². The first-order valence-electron chi connectivity index (χ1n) is 7.52. The molecule has 0 amide bonds. The summed E-state index contributed by atoms with van der Waals surface area (Å²) in [5.41, 5.74) is 7.71. The van der Waals surface area contributed by atoms with E-state index in [0.717, 1.165) is 18.4 Å². The second kappa shape index (κ2) is 5.87. The number of hydrogen-bond donors (Lipinski definition) is 1. The van der Waals surface area contributed by atoms with Crippen molar-refractivity contribution in [3.8, 4) is 0 Å². The molecule has 0 atom stereocenters. The number of carbonyl (C=O) groups excluding carboxylic acids is 1. The van der Waals surface area contributed by atoms with Crippen LogP contribution in [-0.4, -0.2) is 12.3 Å². The quantitative estimate of drug-likeness (QED) is 0.787. The molecule has 104 valence electrons. The summed E-state index contributed by atoms with van der Waals surface area (Å²) in [5, 5.41) is 0. The zero-order valence-electron chi connectivity index (χ0n) is 12.1. The molecule has 2 nitrogen and oxygen atoms in total. The molecule has 0 unspecified atom stereocenters. The van der Waals surface area contributed by atoms with Gasteiger partial charge in [-0.05, 0) is 37.2 Å². The van der Waals surface area contributed by atoms with Crippen molar-refractivity contribution >= 4 is 5.78 Å². The molecule has 1 aliphatic rings. The highest BCUT2D eigenvalue weighted by Gasteiger charge is 2.36. The van der Waals surface area contributed by atoms with Gasteiger partial charge in [0, 0.05) is 17.5 Å². The topological polar surface area (TPSA) is 43.1 Å². The summed E-state index contributed by atoms with van der Waals surface area (Å²) in [5.74, 6) is 0.840. The van der Waals surface area contributed by atoms with Gasteiger partial charge < -0.3 is 5.73 Å². The van der Waals surface area contributed by atoms with E-state index in [1.807, 2.05) is 18.2 Å². The van der Waals surface area contributed by atoms with Crippen LogP contribution in [0, 0.1) is 5.41 Å². The smallest absolute Gasteiger partial charge is 0.170 e. The Kier molecular flexibility index (Phi) is 4.41. The Bertz CT molecular complexity index is 436. The summed E-state index contributed by atoms with van der Waals surface area (Å²) in [6.45, 7) is 4.58. The van der Waals surface area contributed by atoms with Gasteiger partial charge in [0.05, 0.1) is 0 Å². The second-order valence-electron chi connectivity index (χ2n) is 5.74.